The van der Waals surface area contributed by atoms with Gasteiger partial charge < -0.3 is 5.32 Å². The minimum atomic E-state index is -1.04. The summed E-state index contributed by atoms with van der Waals surface area (Å²) in [4.78, 5) is 11.6. The Balaban J connectivity index is 2.76. The quantitative estimate of drug-likeness (QED) is 0.815. The molecule has 16 heavy (non-hydrogen) atoms. The number of alkyl halides is 1. The maximum atomic E-state index is 12.9. The standard InChI is InChI=1S/C11H12ClF2NO/c1-2-8(6-12)15-11(16)7-3-4-9(13)10(14)5-7/h3-5,8H,2,6H2,1H3,(H,15,16). The van der Waals surface area contributed by atoms with E-state index in [9.17, 15) is 13.6 Å². The van der Waals surface area contributed by atoms with Crippen molar-refractivity contribution >= 4 is 17.5 Å². The van der Waals surface area contributed by atoms with Crippen molar-refractivity contribution in [3.63, 3.8) is 0 Å². The Morgan fingerprint density at radius 2 is 2.12 bits per heavy atom. The molecule has 0 aromatic heterocycles. The lowest BCUT2D eigenvalue weighted by Crippen LogP contribution is -2.35. The third-order valence-electron chi connectivity index (χ3n) is 2.20. The molecule has 2 nitrogen and oxygen atoms in total. The Labute approximate surface area is 97.6 Å². The highest BCUT2D eigenvalue weighted by Gasteiger charge is 2.13. The topological polar surface area (TPSA) is 29.1 Å². The molecule has 88 valence electrons. The smallest absolute Gasteiger partial charge is 0.251 e. The Morgan fingerprint density at radius 1 is 1.44 bits per heavy atom. The zero-order chi connectivity index (χ0) is 12.1. The normalized spacial score (nSPS) is 12.2. The van der Waals surface area contributed by atoms with Gasteiger partial charge in [-0.25, -0.2) is 8.78 Å². The highest BCUT2D eigenvalue weighted by Crippen LogP contribution is 2.09. The van der Waals surface area contributed by atoms with E-state index in [4.69, 9.17) is 11.6 Å². The number of hydrogen-bond acceptors (Lipinski definition) is 1. The molecule has 1 unspecified atom stereocenters. The monoisotopic (exact) mass is 247 g/mol. The van der Waals surface area contributed by atoms with E-state index < -0.39 is 17.5 Å². The molecule has 0 saturated carbocycles. The molecule has 0 saturated heterocycles. The minimum Gasteiger partial charge on any atom is -0.348 e. The Kier molecular flexibility index (Phi) is 4.68. The molecule has 1 amide bonds. The zero-order valence-electron chi connectivity index (χ0n) is 8.77. The number of carbonyl (C=O) groups is 1. The van der Waals surface area contributed by atoms with Gasteiger partial charge in [-0.2, -0.15) is 0 Å². The summed E-state index contributed by atoms with van der Waals surface area (Å²) < 4.78 is 25.5. The molecule has 1 N–H and O–H groups in total. The van der Waals surface area contributed by atoms with Crippen LogP contribution in [0.3, 0.4) is 0 Å². The van der Waals surface area contributed by atoms with Crippen molar-refractivity contribution < 1.29 is 13.6 Å². The van der Waals surface area contributed by atoms with Gasteiger partial charge in [0.25, 0.3) is 5.91 Å². The van der Waals surface area contributed by atoms with Gasteiger partial charge in [-0.15, -0.1) is 11.6 Å². The van der Waals surface area contributed by atoms with Crippen LogP contribution in [0.15, 0.2) is 18.2 Å². The van der Waals surface area contributed by atoms with E-state index in [0.717, 1.165) is 12.1 Å². The van der Waals surface area contributed by atoms with Crippen LogP contribution in [0.25, 0.3) is 0 Å². The van der Waals surface area contributed by atoms with Gasteiger partial charge in [0.1, 0.15) is 0 Å². The molecule has 0 radical (unpaired) electrons. The number of nitrogens with one attached hydrogen (secondary N) is 1. The molecule has 1 atom stereocenters. The van der Waals surface area contributed by atoms with Gasteiger partial charge >= 0.3 is 0 Å². The van der Waals surface area contributed by atoms with Crippen LogP contribution < -0.4 is 5.32 Å². The lowest BCUT2D eigenvalue weighted by atomic mass is 10.1. The van der Waals surface area contributed by atoms with E-state index >= 15 is 0 Å². The van der Waals surface area contributed by atoms with Crippen LogP contribution in [0.1, 0.15) is 23.7 Å². The minimum absolute atomic E-state index is 0.0856. The Hall–Kier alpha value is -1.16. The fraction of sp³-hybridized carbons (Fsp3) is 0.364. The molecular weight excluding hydrogens is 236 g/mol. The van der Waals surface area contributed by atoms with Crippen molar-refractivity contribution in [2.24, 2.45) is 0 Å². The summed E-state index contributed by atoms with van der Waals surface area (Å²) in [6.45, 7) is 1.87. The van der Waals surface area contributed by atoms with Crippen LogP contribution in [0.2, 0.25) is 0 Å². The highest BCUT2D eigenvalue weighted by atomic mass is 35.5. The fourth-order valence-electron chi connectivity index (χ4n) is 1.16. The molecule has 0 heterocycles. The zero-order valence-corrected chi connectivity index (χ0v) is 9.52. The lowest BCUT2D eigenvalue weighted by Gasteiger charge is -2.13. The van der Waals surface area contributed by atoms with Gasteiger partial charge in [-0.1, -0.05) is 6.92 Å². The summed E-state index contributed by atoms with van der Waals surface area (Å²) in [5.74, 6) is -2.18. The predicted octanol–water partition coefficient (Wildman–Crippen LogP) is 2.71. The van der Waals surface area contributed by atoms with Crippen LogP contribution in [0.4, 0.5) is 8.78 Å². The summed E-state index contributed by atoms with van der Waals surface area (Å²) in [6, 6.07) is 2.86. The summed E-state index contributed by atoms with van der Waals surface area (Å²) in [5, 5.41) is 2.62. The molecule has 0 aliphatic heterocycles. The SMILES string of the molecule is CCC(CCl)NC(=O)c1ccc(F)c(F)c1. The van der Waals surface area contributed by atoms with Crippen molar-refractivity contribution in [1.29, 1.82) is 0 Å². The van der Waals surface area contributed by atoms with E-state index in [1.165, 1.54) is 6.07 Å². The summed E-state index contributed by atoms with van der Waals surface area (Å²) in [7, 11) is 0. The van der Waals surface area contributed by atoms with E-state index in [1.54, 1.807) is 0 Å². The molecule has 0 bridgehead atoms. The second-order valence-corrected chi connectivity index (χ2v) is 3.67. The van der Waals surface area contributed by atoms with Gasteiger partial charge in [-0.05, 0) is 24.6 Å². The van der Waals surface area contributed by atoms with Crippen molar-refractivity contribution in [3.8, 4) is 0 Å². The second-order valence-electron chi connectivity index (χ2n) is 3.36. The summed E-state index contributed by atoms with van der Waals surface area (Å²) >= 11 is 5.61. The van der Waals surface area contributed by atoms with Crippen molar-refractivity contribution in [2.75, 3.05) is 5.88 Å². The number of rotatable bonds is 4. The average molecular weight is 248 g/mol. The van der Waals surface area contributed by atoms with Crippen molar-refractivity contribution in [2.45, 2.75) is 19.4 Å². The number of carbonyl (C=O) groups excluding carboxylic acids is 1. The first-order valence-corrected chi connectivity index (χ1v) is 5.43. The van der Waals surface area contributed by atoms with E-state index in [1.807, 2.05) is 6.92 Å². The van der Waals surface area contributed by atoms with Gasteiger partial charge in [0, 0.05) is 17.5 Å². The number of halogens is 3. The lowest BCUT2D eigenvalue weighted by molar-refractivity contribution is 0.0939. The molecule has 1 aromatic rings. The van der Waals surface area contributed by atoms with E-state index in [-0.39, 0.29) is 17.5 Å². The first-order chi connectivity index (χ1) is 7.58. The van der Waals surface area contributed by atoms with Crippen molar-refractivity contribution in [3.05, 3.63) is 35.4 Å². The molecular formula is C11H12ClF2NO. The third-order valence-corrected chi connectivity index (χ3v) is 2.57. The highest BCUT2D eigenvalue weighted by molar-refractivity contribution is 6.18. The summed E-state index contributed by atoms with van der Waals surface area (Å²) in [5.41, 5.74) is 0.0856. The first kappa shape index (κ1) is 12.9. The van der Waals surface area contributed by atoms with Gasteiger partial charge in [0.15, 0.2) is 11.6 Å². The molecule has 0 fully saturated rings. The Bertz CT molecular complexity index is 380. The Morgan fingerprint density at radius 3 is 2.62 bits per heavy atom. The third kappa shape index (κ3) is 3.17. The summed E-state index contributed by atoms with van der Waals surface area (Å²) in [6.07, 6.45) is 0.679. The number of benzene rings is 1. The van der Waals surface area contributed by atoms with E-state index in [0.29, 0.717) is 6.42 Å². The van der Waals surface area contributed by atoms with E-state index in [2.05, 4.69) is 5.32 Å². The molecule has 5 heteroatoms. The maximum absolute atomic E-state index is 12.9. The molecule has 0 aliphatic carbocycles. The second kappa shape index (κ2) is 5.80. The van der Waals surface area contributed by atoms with Gasteiger partial charge in [0.2, 0.25) is 0 Å². The van der Waals surface area contributed by atoms with Crippen LogP contribution in [0.5, 0.6) is 0 Å². The van der Waals surface area contributed by atoms with Gasteiger partial charge in [0.05, 0.1) is 0 Å². The maximum Gasteiger partial charge on any atom is 0.251 e. The average Bonchev–Trinajstić information content (AvgIpc) is 2.29. The van der Waals surface area contributed by atoms with Gasteiger partial charge in [-0.3, -0.25) is 4.79 Å². The molecule has 0 spiro atoms. The van der Waals surface area contributed by atoms with Crippen LogP contribution in [0, 0.1) is 11.6 Å². The largest absolute Gasteiger partial charge is 0.348 e. The number of amides is 1. The van der Waals surface area contributed by atoms with Crippen LogP contribution in [-0.2, 0) is 0 Å². The molecule has 1 rings (SSSR count). The van der Waals surface area contributed by atoms with Crippen LogP contribution in [-0.4, -0.2) is 17.8 Å². The van der Waals surface area contributed by atoms with Crippen molar-refractivity contribution in [1.82, 2.24) is 5.32 Å². The first-order valence-electron chi connectivity index (χ1n) is 4.90. The van der Waals surface area contributed by atoms with Crippen LogP contribution >= 0.6 is 11.6 Å². The molecule has 1 aromatic carbocycles. The predicted molar refractivity (Wildman–Crippen MR) is 58.6 cm³/mol. The fourth-order valence-corrected chi connectivity index (χ4v) is 1.45. The number of hydrogen-bond donors (Lipinski definition) is 1. The molecule has 0 aliphatic rings.